The van der Waals surface area contributed by atoms with Gasteiger partial charge in [-0.2, -0.15) is 0 Å². The van der Waals surface area contributed by atoms with E-state index in [1.165, 1.54) is 12.1 Å². The van der Waals surface area contributed by atoms with E-state index in [0.29, 0.717) is 12.8 Å². The van der Waals surface area contributed by atoms with Crippen molar-refractivity contribution < 1.29 is 15.1 Å². The van der Waals surface area contributed by atoms with Crippen LogP contribution in [-0.2, 0) is 6.42 Å². The third-order valence-corrected chi connectivity index (χ3v) is 4.12. The number of nitro groups is 1. The van der Waals surface area contributed by atoms with Gasteiger partial charge in [0.05, 0.1) is 4.92 Å². The SMILES string of the molecule is O=[N+]([O-])c1ccc(C(CCO)C(CO)Cc2ccccc2)cc1. The molecule has 2 atom stereocenters. The first-order chi connectivity index (χ1) is 11.2. The first-order valence-corrected chi connectivity index (χ1v) is 7.65. The van der Waals surface area contributed by atoms with Gasteiger partial charge in [-0.3, -0.25) is 10.1 Å². The molecule has 0 amide bonds. The third kappa shape index (κ3) is 4.61. The van der Waals surface area contributed by atoms with E-state index in [1.807, 2.05) is 30.3 Å². The second-order valence-corrected chi connectivity index (χ2v) is 5.60. The summed E-state index contributed by atoms with van der Waals surface area (Å²) in [6.45, 7) is 0.00346. The van der Waals surface area contributed by atoms with E-state index in [0.717, 1.165) is 11.1 Å². The molecule has 0 saturated heterocycles. The Bertz CT molecular complexity index is 613. The van der Waals surface area contributed by atoms with Crippen LogP contribution in [0.2, 0.25) is 0 Å². The van der Waals surface area contributed by atoms with Crippen LogP contribution < -0.4 is 0 Å². The summed E-state index contributed by atoms with van der Waals surface area (Å²) in [5.41, 5.74) is 2.07. The maximum absolute atomic E-state index is 10.8. The summed E-state index contributed by atoms with van der Waals surface area (Å²) in [4.78, 5) is 10.3. The Labute approximate surface area is 135 Å². The lowest BCUT2D eigenvalue weighted by Gasteiger charge is -2.26. The normalized spacial score (nSPS) is 13.5. The number of hydrogen-bond donors (Lipinski definition) is 2. The largest absolute Gasteiger partial charge is 0.396 e. The molecule has 23 heavy (non-hydrogen) atoms. The fraction of sp³-hybridized carbons (Fsp3) is 0.333. The number of rotatable bonds is 8. The topological polar surface area (TPSA) is 83.6 Å². The van der Waals surface area contributed by atoms with Crippen LogP contribution in [0, 0.1) is 16.0 Å². The third-order valence-electron chi connectivity index (χ3n) is 4.12. The highest BCUT2D eigenvalue weighted by molar-refractivity contribution is 5.35. The monoisotopic (exact) mass is 315 g/mol. The van der Waals surface area contributed by atoms with Gasteiger partial charge in [-0.25, -0.2) is 0 Å². The van der Waals surface area contributed by atoms with E-state index >= 15 is 0 Å². The van der Waals surface area contributed by atoms with Crippen LogP contribution in [0.3, 0.4) is 0 Å². The minimum Gasteiger partial charge on any atom is -0.396 e. The molecule has 0 aliphatic heterocycles. The van der Waals surface area contributed by atoms with Crippen molar-refractivity contribution in [2.75, 3.05) is 13.2 Å². The second kappa shape index (κ2) is 8.41. The number of nitrogens with zero attached hydrogens (tertiary/aromatic N) is 1. The Morgan fingerprint density at radius 1 is 1.00 bits per heavy atom. The molecule has 2 aromatic rings. The van der Waals surface area contributed by atoms with E-state index < -0.39 is 4.92 Å². The van der Waals surface area contributed by atoms with Gasteiger partial charge in [0.1, 0.15) is 0 Å². The first-order valence-electron chi connectivity index (χ1n) is 7.65. The van der Waals surface area contributed by atoms with Crippen LogP contribution in [0.4, 0.5) is 5.69 Å². The molecule has 0 aromatic heterocycles. The molecule has 0 aliphatic rings. The van der Waals surface area contributed by atoms with Gasteiger partial charge in [0, 0.05) is 25.3 Å². The number of nitro benzene ring substituents is 1. The molecule has 5 nitrogen and oxygen atoms in total. The van der Waals surface area contributed by atoms with Crippen molar-refractivity contribution in [1.82, 2.24) is 0 Å². The predicted molar refractivity (Wildman–Crippen MR) is 88.3 cm³/mol. The van der Waals surface area contributed by atoms with Gasteiger partial charge in [0.25, 0.3) is 5.69 Å². The van der Waals surface area contributed by atoms with Crippen LogP contribution in [-0.4, -0.2) is 28.4 Å². The van der Waals surface area contributed by atoms with Gasteiger partial charge >= 0.3 is 0 Å². The van der Waals surface area contributed by atoms with Gasteiger partial charge in [-0.15, -0.1) is 0 Å². The van der Waals surface area contributed by atoms with Crippen molar-refractivity contribution in [3.8, 4) is 0 Å². The number of aliphatic hydroxyl groups is 2. The lowest BCUT2D eigenvalue weighted by atomic mass is 9.80. The van der Waals surface area contributed by atoms with E-state index in [-0.39, 0.29) is 30.7 Å². The van der Waals surface area contributed by atoms with E-state index in [9.17, 15) is 20.3 Å². The zero-order chi connectivity index (χ0) is 16.7. The molecule has 0 aliphatic carbocycles. The zero-order valence-corrected chi connectivity index (χ0v) is 12.8. The molecule has 0 radical (unpaired) electrons. The number of non-ortho nitro benzene ring substituents is 1. The highest BCUT2D eigenvalue weighted by Crippen LogP contribution is 2.31. The Balaban J connectivity index is 2.22. The zero-order valence-electron chi connectivity index (χ0n) is 12.8. The standard InChI is InChI=1S/C18H21NO4/c20-11-10-18(15-6-8-17(9-7-15)19(22)23)16(13-21)12-14-4-2-1-3-5-14/h1-9,16,18,20-21H,10-13H2. The summed E-state index contributed by atoms with van der Waals surface area (Å²) in [5, 5.41) is 29.9. The van der Waals surface area contributed by atoms with Crippen LogP contribution >= 0.6 is 0 Å². The fourth-order valence-electron chi connectivity index (χ4n) is 2.91. The van der Waals surface area contributed by atoms with E-state index in [4.69, 9.17) is 0 Å². The summed E-state index contributed by atoms with van der Waals surface area (Å²) in [5.74, 6) is -0.1000. The number of aliphatic hydroxyl groups excluding tert-OH is 2. The molecule has 0 bridgehead atoms. The molecule has 0 saturated carbocycles. The maximum Gasteiger partial charge on any atom is 0.269 e. The Hall–Kier alpha value is -2.24. The van der Waals surface area contributed by atoms with Crippen molar-refractivity contribution in [1.29, 1.82) is 0 Å². The lowest BCUT2D eigenvalue weighted by molar-refractivity contribution is -0.384. The second-order valence-electron chi connectivity index (χ2n) is 5.60. The smallest absolute Gasteiger partial charge is 0.269 e. The molecule has 2 unspecified atom stereocenters. The van der Waals surface area contributed by atoms with Crippen molar-refractivity contribution >= 4 is 5.69 Å². The summed E-state index contributed by atoms with van der Waals surface area (Å²) in [6.07, 6.45) is 1.20. The predicted octanol–water partition coefficient (Wildman–Crippen LogP) is 2.91. The first kappa shape index (κ1) is 17.1. The fourth-order valence-corrected chi connectivity index (χ4v) is 2.91. The van der Waals surface area contributed by atoms with Crippen LogP contribution in [0.25, 0.3) is 0 Å². The van der Waals surface area contributed by atoms with Gasteiger partial charge in [0.2, 0.25) is 0 Å². The molecule has 0 spiro atoms. The average molecular weight is 315 g/mol. The quantitative estimate of drug-likeness (QED) is 0.579. The molecule has 5 heteroatoms. The summed E-state index contributed by atoms with van der Waals surface area (Å²) < 4.78 is 0. The molecular weight excluding hydrogens is 294 g/mol. The molecule has 0 fully saturated rings. The van der Waals surface area contributed by atoms with Gasteiger partial charge in [-0.05, 0) is 35.8 Å². The Kier molecular flexibility index (Phi) is 6.26. The molecular formula is C18H21NO4. The van der Waals surface area contributed by atoms with Crippen LogP contribution in [0.5, 0.6) is 0 Å². The highest BCUT2D eigenvalue weighted by Gasteiger charge is 2.23. The lowest BCUT2D eigenvalue weighted by Crippen LogP contribution is -2.20. The summed E-state index contributed by atoms with van der Waals surface area (Å²) >= 11 is 0. The minimum absolute atomic E-state index is 0.00342. The Morgan fingerprint density at radius 3 is 2.17 bits per heavy atom. The average Bonchev–Trinajstić information content (AvgIpc) is 2.59. The molecule has 2 rings (SSSR count). The van der Waals surface area contributed by atoms with Gasteiger partial charge in [0.15, 0.2) is 0 Å². The van der Waals surface area contributed by atoms with E-state index in [1.54, 1.807) is 12.1 Å². The molecule has 122 valence electrons. The maximum atomic E-state index is 10.8. The van der Waals surface area contributed by atoms with Crippen molar-refractivity contribution in [2.45, 2.75) is 18.8 Å². The van der Waals surface area contributed by atoms with Crippen LogP contribution in [0.15, 0.2) is 54.6 Å². The van der Waals surface area contributed by atoms with E-state index in [2.05, 4.69) is 0 Å². The summed E-state index contributed by atoms with van der Waals surface area (Å²) in [7, 11) is 0. The highest BCUT2D eigenvalue weighted by atomic mass is 16.6. The summed E-state index contributed by atoms with van der Waals surface area (Å²) in [6, 6.07) is 16.2. The van der Waals surface area contributed by atoms with Crippen LogP contribution in [0.1, 0.15) is 23.5 Å². The Morgan fingerprint density at radius 2 is 1.65 bits per heavy atom. The number of benzene rings is 2. The van der Waals surface area contributed by atoms with Crippen molar-refractivity contribution in [3.05, 3.63) is 75.8 Å². The van der Waals surface area contributed by atoms with Crippen molar-refractivity contribution in [2.24, 2.45) is 5.92 Å². The molecule has 2 aromatic carbocycles. The van der Waals surface area contributed by atoms with Gasteiger partial charge < -0.3 is 10.2 Å². The molecule has 0 heterocycles. The van der Waals surface area contributed by atoms with Crippen molar-refractivity contribution in [3.63, 3.8) is 0 Å². The molecule has 2 N–H and O–H groups in total. The minimum atomic E-state index is -0.432. The number of hydrogen-bond acceptors (Lipinski definition) is 4. The van der Waals surface area contributed by atoms with Gasteiger partial charge in [-0.1, -0.05) is 42.5 Å².